The molecule has 3 rings (SSSR count). The van der Waals surface area contributed by atoms with E-state index in [-0.39, 0.29) is 10.8 Å². The third-order valence-corrected chi connectivity index (χ3v) is 4.30. The predicted molar refractivity (Wildman–Crippen MR) is 96.0 cm³/mol. The minimum absolute atomic E-state index is 0.00111. The number of nitrogens with zero attached hydrogens (tertiary/aromatic N) is 1. The van der Waals surface area contributed by atoms with Gasteiger partial charge in [0, 0.05) is 29.7 Å². The van der Waals surface area contributed by atoms with Crippen LogP contribution in [0, 0.1) is 13.8 Å². The topological polar surface area (TPSA) is 45.8 Å². The van der Waals surface area contributed by atoms with Gasteiger partial charge in [-0.3, -0.25) is 9.78 Å². The number of aromatic nitrogens is 2. The van der Waals surface area contributed by atoms with Crippen LogP contribution < -0.4 is 5.43 Å². The molecule has 1 aromatic carbocycles. The monoisotopic (exact) mass is 306 g/mol. The average molecular weight is 306 g/mol. The zero-order valence-corrected chi connectivity index (χ0v) is 14.3. The van der Waals surface area contributed by atoms with Crippen LogP contribution >= 0.6 is 0 Å². The molecule has 0 saturated heterocycles. The summed E-state index contributed by atoms with van der Waals surface area (Å²) >= 11 is 0. The van der Waals surface area contributed by atoms with Gasteiger partial charge >= 0.3 is 0 Å². The van der Waals surface area contributed by atoms with Crippen molar-refractivity contribution in [3.05, 3.63) is 63.6 Å². The molecular weight excluding hydrogens is 284 g/mol. The first kappa shape index (κ1) is 15.5. The van der Waals surface area contributed by atoms with Crippen LogP contribution in [0.4, 0.5) is 0 Å². The van der Waals surface area contributed by atoms with Crippen molar-refractivity contribution in [3.63, 3.8) is 0 Å². The number of benzene rings is 1. The summed E-state index contributed by atoms with van der Waals surface area (Å²) in [6.07, 6.45) is 3.31. The molecule has 2 heterocycles. The van der Waals surface area contributed by atoms with Gasteiger partial charge in [-0.25, -0.2) is 0 Å². The molecule has 23 heavy (non-hydrogen) atoms. The van der Waals surface area contributed by atoms with Gasteiger partial charge in [0.2, 0.25) is 0 Å². The first-order valence-corrected chi connectivity index (χ1v) is 7.86. The Labute approximate surface area is 136 Å². The van der Waals surface area contributed by atoms with Crippen LogP contribution in [0.15, 0.2) is 41.5 Å². The van der Waals surface area contributed by atoms with E-state index in [1.54, 1.807) is 18.5 Å². The Morgan fingerprint density at radius 3 is 2.48 bits per heavy atom. The summed E-state index contributed by atoms with van der Waals surface area (Å²) < 4.78 is 0. The second kappa shape index (κ2) is 5.34. The van der Waals surface area contributed by atoms with Gasteiger partial charge in [-0.15, -0.1) is 0 Å². The number of nitrogens with one attached hydrogen (secondary N) is 1. The molecule has 0 radical (unpaired) electrons. The third-order valence-electron chi connectivity index (χ3n) is 4.30. The molecule has 0 aliphatic rings. The molecule has 0 fully saturated rings. The van der Waals surface area contributed by atoms with E-state index in [1.165, 1.54) is 16.7 Å². The van der Waals surface area contributed by atoms with Crippen LogP contribution in [0.2, 0.25) is 0 Å². The molecule has 0 aliphatic heterocycles. The molecule has 3 nitrogen and oxygen atoms in total. The van der Waals surface area contributed by atoms with Gasteiger partial charge in [0.05, 0.1) is 10.9 Å². The highest BCUT2D eigenvalue weighted by Gasteiger charge is 2.18. The number of hydrogen-bond acceptors (Lipinski definition) is 2. The molecular formula is C20H22N2O. The van der Waals surface area contributed by atoms with Crippen molar-refractivity contribution in [2.75, 3.05) is 0 Å². The lowest BCUT2D eigenvalue weighted by atomic mass is 9.82. The van der Waals surface area contributed by atoms with E-state index >= 15 is 0 Å². The Morgan fingerprint density at radius 2 is 1.78 bits per heavy atom. The molecule has 2 aromatic heterocycles. The maximum atomic E-state index is 12.3. The van der Waals surface area contributed by atoms with Gasteiger partial charge in [0.15, 0.2) is 5.43 Å². The average Bonchev–Trinajstić information content (AvgIpc) is 2.48. The van der Waals surface area contributed by atoms with E-state index in [0.717, 1.165) is 16.8 Å². The van der Waals surface area contributed by atoms with Crippen molar-refractivity contribution in [2.24, 2.45) is 0 Å². The van der Waals surface area contributed by atoms with Crippen LogP contribution in [0.5, 0.6) is 0 Å². The zero-order chi connectivity index (χ0) is 16.8. The van der Waals surface area contributed by atoms with Gasteiger partial charge in [0.25, 0.3) is 0 Å². The van der Waals surface area contributed by atoms with E-state index in [0.29, 0.717) is 5.39 Å². The van der Waals surface area contributed by atoms with Crippen LogP contribution in [-0.2, 0) is 5.41 Å². The van der Waals surface area contributed by atoms with Crippen molar-refractivity contribution in [1.82, 2.24) is 9.97 Å². The number of aromatic amines is 1. The highest BCUT2D eigenvalue weighted by Crippen LogP contribution is 2.31. The standard InChI is InChI=1S/C20H22N2O/c1-12-9-16(20(3,4)5)13(2)8-14(12)18-10-19(23)15-11-21-7-6-17(15)22-18/h6-11H,1-5H3,(H,22,23). The van der Waals surface area contributed by atoms with Gasteiger partial charge in [0.1, 0.15) is 0 Å². The maximum Gasteiger partial charge on any atom is 0.191 e. The summed E-state index contributed by atoms with van der Waals surface area (Å²) in [4.78, 5) is 19.7. The summed E-state index contributed by atoms with van der Waals surface area (Å²) in [7, 11) is 0. The fourth-order valence-electron chi connectivity index (χ4n) is 3.15. The second-order valence-corrected chi connectivity index (χ2v) is 7.20. The minimum atomic E-state index is -0.00111. The molecule has 118 valence electrons. The Kier molecular flexibility index (Phi) is 3.59. The summed E-state index contributed by atoms with van der Waals surface area (Å²) in [6, 6.07) is 7.92. The molecule has 0 amide bonds. The second-order valence-electron chi connectivity index (χ2n) is 7.20. The van der Waals surface area contributed by atoms with Gasteiger partial charge in [-0.2, -0.15) is 0 Å². The quantitative estimate of drug-likeness (QED) is 0.719. The number of hydrogen-bond donors (Lipinski definition) is 1. The highest BCUT2D eigenvalue weighted by molar-refractivity contribution is 5.81. The Morgan fingerprint density at radius 1 is 1.04 bits per heavy atom. The largest absolute Gasteiger partial charge is 0.354 e. The van der Waals surface area contributed by atoms with Gasteiger partial charge in [-0.05, 0) is 48.1 Å². The van der Waals surface area contributed by atoms with Crippen molar-refractivity contribution < 1.29 is 0 Å². The number of fused-ring (bicyclic) bond motifs is 1. The summed E-state index contributed by atoms with van der Waals surface area (Å²) in [5.41, 5.74) is 6.61. The van der Waals surface area contributed by atoms with Crippen molar-refractivity contribution >= 4 is 10.9 Å². The van der Waals surface area contributed by atoms with E-state index in [4.69, 9.17) is 0 Å². The third kappa shape index (κ3) is 2.79. The van der Waals surface area contributed by atoms with Crippen molar-refractivity contribution in [2.45, 2.75) is 40.0 Å². The van der Waals surface area contributed by atoms with Gasteiger partial charge < -0.3 is 4.98 Å². The van der Waals surface area contributed by atoms with Crippen LogP contribution in [-0.4, -0.2) is 9.97 Å². The maximum absolute atomic E-state index is 12.3. The van der Waals surface area contributed by atoms with E-state index in [9.17, 15) is 4.79 Å². The molecule has 3 aromatic rings. The number of pyridine rings is 2. The van der Waals surface area contributed by atoms with Gasteiger partial charge in [-0.1, -0.05) is 26.8 Å². The van der Waals surface area contributed by atoms with E-state index in [2.05, 4.69) is 56.7 Å². The van der Waals surface area contributed by atoms with E-state index < -0.39 is 0 Å². The fourth-order valence-corrected chi connectivity index (χ4v) is 3.15. The number of H-pyrrole nitrogens is 1. The SMILES string of the molecule is Cc1cc(C(C)(C)C)c(C)cc1-c1cc(=O)c2cnccc2[nH]1. The number of aryl methyl sites for hydroxylation is 2. The first-order chi connectivity index (χ1) is 10.8. The lowest BCUT2D eigenvalue weighted by Gasteiger charge is -2.23. The van der Waals surface area contributed by atoms with Crippen LogP contribution in [0.1, 0.15) is 37.5 Å². The molecule has 0 unspecified atom stereocenters. The Balaban J connectivity index is 2.24. The van der Waals surface area contributed by atoms with Crippen molar-refractivity contribution in [1.29, 1.82) is 0 Å². The normalized spacial score (nSPS) is 11.9. The molecule has 1 N–H and O–H groups in total. The summed E-state index contributed by atoms with van der Waals surface area (Å²) in [5, 5.41) is 0.622. The van der Waals surface area contributed by atoms with Crippen LogP contribution in [0.3, 0.4) is 0 Å². The molecule has 0 saturated carbocycles. The number of rotatable bonds is 1. The lowest BCUT2D eigenvalue weighted by molar-refractivity contribution is 0.585. The molecule has 0 spiro atoms. The zero-order valence-electron chi connectivity index (χ0n) is 14.3. The predicted octanol–water partition coefficient (Wildman–Crippen LogP) is 4.50. The van der Waals surface area contributed by atoms with E-state index in [1.807, 2.05) is 6.07 Å². The van der Waals surface area contributed by atoms with Crippen molar-refractivity contribution in [3.8, 4) is 11.3 Å². The van der Waals surface area contributed by atoms with Crippen LogP contribution in [0.25, 0.3) is 22.2 Å². The molecule has 0 atom stereocenters. The highest BCUT2D eigenvalue weighted by atomic mass is 16.1. The molecule has 3 heteroatoms. The Hall–Kier alpha value is -2.42. The first-order valence-electron chi connectivity index (χ1n) is 7.86. The Bertz CT molecular complexity index is 946. The fraction of sp³-hybridized carbons (Fsp3) is 0.300. The molecule has 0 bridgehead atoms. The summed E-state index contributed by atoms with van der Waals surface area (Å²) in [5.74, 6) is 0. The summed E-state index contributed by atoms with van der Waals surface area (Å²) in [6.45, 7) is 10.9. The molecule has 0 aliphatic carbocycles. The lowest BCUT2D eigenvalue weighted by Crippen LogP contribution is -2.14. The smallest absolute Gasteiger partial charge is 0.191 e. The minimum Gasteiger partial charge on any atom is -0.354 e.